The summed E-state index contributed by atoms with van der Waals surface area (Å²) >= 11 is 5.51. The molecule has 0 aliphatic heterocycles. The summed E-state index contributed by atoms with van der Waals surface area (Å²) < 4.78 is 30.2. The van der Waals surface area contributed by atoms with Crippen LogP contribution in [0, 0.1) is 5.41 Å². The van der Waals surface area contributed by atoms with E-state index in [0.29, 0.717) is 16.7 Å². The maximum atomic E-state index is 13.0. The van der Waals surface area contributed by atoms with Gasteiger partial charge in [0, 0.05) is 12.1 Å². The molecule has 0 unspecified atom stereocenters. The number of amides is 1. The zero-order chi connectivity index (χ0) is 21.9. The van der Waals surface area contributed by atoms with Crippen LogP contribution in [0.2, 0.25) is 0 Å². The zero-order valence-electron chi connectivity index (χ0n) is 16.7. The lowest BCUT2D eigenvalue weighted by atomic mass is 10.1. The third-order valence-electron chi connectivity index (χ3n) is 5.81. The molecule has 1 aromatic carbocycles. The van der Waals surface area contributed by atoms with Crippen LogP contribution in [-0.2, 0) is 21.4 Å². The van der Waals surface area contributed by atoms with Crippen molar-refractivity contribution >= 4 is 38.4 Å². The van der Waals surface area contributed by atoms with Crippen LogP contribution in [0.15, 0.2) is 32.7 Å². The van der Waals surface area contributed by atoms with E-state index in [1.807, 2.05) is 13.8 Å². The van der Waals surface area contributed by atoms with Crippen LogP contribution in [0.5, 0.6) is 0 Å². The first-order valence-corrected chi connectivity index (χ1v) is 11.7. The highest BCUT2D eigenvalue weighted by Crippen LogP contribution is 2.46. The predicted octanol–water partition coefficient (Wildman–Crippen LogP) is 1.10. The lowest BCUT2D eigenvalue weighted by Crippen LogP contribution is -2.47. The first kappa shape index (κ1) is 21.1. The zero-order valence-corrected chi connectivity index (χ0v) is 18.3. The lowest BCUT2D eigenvalue weighted by molar-refractivity contribution is -0.114. The van der Waals surface area contributed by atoms with E-state index in [1.54, 1.807) is 0 Å². The smallest absolute Gasteiger partial charge is 0.291 e. The average molecular weight is 455 g/mol. The Kier molecular flexibility index (Phi) is 4.87. The van der Waals surface area contributed by atoms with Crippen LogP contribution in [0.3, 0.4) is 0 Å². The highest BCUT2D eigenvalue weighted by Gasteiger charge is 2.41. The van der Waals surface area contributed by atoms with Gasteiger partial charge in [0.2, 0.25) is 10.0 Å². The number of hydrogen-bond acceptors (Lipinski definition) is 5. The number of alkyl halides is 1. The van der Waals surface area contributed by atoms with E-state index in [4.69, 9.17) is 11.6 Å². The Balaban J connectivity index is 1.90. The average Bonchev–Trinajstić information content (AvgIpc) is 3.60. The molecule has 0 bridgehead atoms. The van der Waals surface area contributed by atoms with Gasteiger partial charge < -0.3 is 0 Å². The number of rotatable bonds is 7. The molecule has 9 nitrogen and oxygen atoms in total. The normalized spacial score (nSPS) is 18.9. The summed E-state index contributed by atoms with van der Waals surface area (Å²) in [5, 5.41) is 0.0255. The van der Waals surface area contributed by atoms with Crippen molar-refractivity contribution in [3.05, 3.63) is 39.0 Å². The molecule has 2 fully saturated rings. The van der Waals surface area contributed by atoms with Crippen LogP contribution < -0.4 is 21.4 Å². The van der Waals surface area contributed by atoms with Crippen LogP contribution in [-0.4, -0.2) is 35.0 Å². The standard InChI is InChI=1S/C19H23ClN4O5S/c1-18(5-6-18)11-23-14-4-3-12(30(28,29)22-19(2)7-8-19)9-13(14)16(26)24(17(23)27)21-15(25)10-20/h3-4,9,22H,5-8,10-11H2,1-2H3,(H,21,25). The number of benzene rings is 1. The molecule has 1 aromatic heterocycles. The minimum atomic E-state index is -3.84. The number of aromatic nitrogens is 2. The summed E-state index contributed by atoms with van der Waals surface area (Å²) in [6, 6.07) is 4.12. The van der Waals surface area contributed by atoms with Gasteiger partial charge in [-0.2, -0.15) is 4.68 Å². The Morgan fingerprint density at radius 3 is 2.40 bits per heavy atom. The summed E-state index contributed by atoms with van der Waals surface area (Å²) in [6.07, 6.45) is 3.36. The van der Waals surface area contributed by atoms with E-state index in [-0.39, 0.29) is 15.7 Å². The van der Waals surface area contributed by atoms with E-state index in [2.05, 4.69) is 10.1 Å². The molecule has 0 spiro atoms. The van der Waals surface area contributed by atoms with Crippen molar-refractivity contribution in [2.45, 2.75) is 56.5 Å². The van der Waals surface area contributed by atoms with Crippen molar-refractivity contribution in [2.75, 3.05) is 11.3 Å². The fourth-order valence-corrected chi connectivity index (χ4v) is 4.90. The van der Waals surface area contributed by atoms with E-state index in [9.17, 15) is 22.8 Å². The first-order chi connectivity index (χ1) is 14.0. The monoisotopic (exact) mass is 454 g/mol. The summed E-state index contributed by atoms with van der Waals surface area (Å²) in [4.78, 5) is 37.7. The Hall–Kier alpha value is -2.17. The highest BCUT2D eigenvalue weighted by molar-refractivity contribution is 7.89. The van der Waals surface area contributed by atoms with Crippen molar-refractivity contribution in [1.29, 1.82) is 0 Å². The summed E-state index contributed by atoms with van der Waals surface area (Å²) in [6.45, 7) is 4.19. The number of carbonyl (C=O) groups is 1. The van der Waals surface area contributed by atoms with Crippen LogP contribution in [0.1, 0.15) is 39.5 Å². The SMILES string of the molecule is CC1(Cn2c(=O)n(NC(=O)CCl)c(=O)c3cc(S(=O)(=O)NC4(C)CC4)ccc32)CC1. The van der Waals surface area contributed by atoms with Crippen molar-refractivity contribution in [1.82, 2.24) is 14.0 Å². The molecule has 2 saturated carbocycles. The third kappa shape index (κ3) is 3.91. The lowest BCUT2D eigenvalue weighted by Gasteiger charge is -2.18. The molecule has 0 saturated heterocycles. The van der Waals surface area contributed by atoms with Crippen molar-refractivity contribution < 1.29 is 13.2 Å². The van der Waals surface area contributed by atoms with Gasteiger partial charge in [-0.25, -0.2) is 17.9 Å². The topological polar surface area (TPSA) is 119 Å². The van der Waals surface area contributed by atoms with Gasteiger partial charge in [-0.15, -0.1) is 11.6 Å². The van der Waals surface area contributed by atoms with Crippen LogP contribution in [0.4, 0.5) is 0 Å². The molecule has 2 aromatic rings. The van der Waals surface area contributed by atoms with Gasteiger partial charge in [0.1, 0.15) is 5.88 Å². The van der Waals surface area contributed by atoms with E-state index >= 15 is 0 Å². The Morgan fingerprint density at radius 1 is 1.17 bits per heavy atom. The number of fused-ring (bicyclic) bond motifs is 1. The molecule has 0 atom stereocenters. The molecule has 0 radical (unpaired) electrons. The Morgan fingerprint density at radius 2 is 1.83 bits per heavy atom. The quantitative estimate of drug-likeness (QED) is 0.607. The van der Waals surface area contributed by atoms with E-state index < -0.39 is 38.6 Å². The fraction of sp³-hybridized carbons (Fsp3) is 0.526. The first-order valence-electron chi connectivity index (χ1n) is 9.66. The van der Waals surface area contributed by atoms with Gasteiger partial charge in [-0.1, -0.05) is 6.92 Å². The summed E-state index contributed by atoms with van der Waals surface area (Å²) in [7, 11) is -3.84. The van der Waals surface area contributed by atoms with Gasteiger partial charge in [0.25, 0.3) is 11.5 Å². The maximum Gasteiger partial charge on any atom is 0.350 e. The second-order valence-electron chi connectivity index (χ2n) is 8.83. The number of nitrogens with one attached hydrogen (secondary N) is 2. The van der Waals surface area contributed by atoms with Gasteiger partial charge in [0.05, 0.1) is 15.8 Å². The molecule has 2 aliphatic carbocycles. The molecule has 162 valence electrons. The van der Waals surface area contributed by atoms with Crippen molar-refractivity contribution in [3.8, 4) is 0 Å². The Labute approximate surface area is 178 Å². The molecule has 11 heteroatoms. The van der Waals surface area contributed by atoms with Gasteiger partial charge >= 0.3 is 5.69 Å². The highest BCUT2D eigenvalue weighted by atomic mass is 35.5. The minimum Gasteiger partial charge on any atom is -0.291 e. The van der Waals surface area contributed by atoms with E-state index in [1.165, 1.54) is 22.8 Å². The molecule has 2 aliphatic rings. The van der Waals surface area contributed by atoms with Crippen LogP contribution in [0.25, 0.3) is 10.9 Å². The Bertz CT molecular complexity index is 1270. The van der Waals surface area contributed by atoms with Gasteiger partial charge in [-0.3, -0.25) is 19.6 Å². The number of carbonyl (C=O) groups excluding carboxylic acids is 1. The minimum absolute atomic E-state index is 0.0255. The maximum absolute atomic E-state index is 13.0. The van der Waals surface area contributed by atoms with Crippen molar-refractivity contribution in [2.24, 2.45) is 5.41 Å². The number of nitrogens with zero attached hydrogens (tertiary/aromatic N) is 2. The summed E-state index contributed by atoms with van der Waals surface area (Å²) in [5.41, 5.74) is 0.480. The van der Waals surface area contributed by atoms with Crippen molar-refractivity contribution in [3.63, 3.8) is 0 Å². The second kappa shape index (κ2) is 6.93. The largest absolute Gasteiger partial charge is 0.350 e. The molecule has 4 rings (SSSR count). The van der Waals surface area contributed by atoms with Gasteiger partial charge in [0.15, 0.2) is 0 Å². The number of hydrogen-bond donors (Lipinski definition) is 2. The van der Waals surface area contributed by atoms with Gasteiger partial charge in [-0.05, 0) is 56.2 Å². The molecular weight excluding hydrogens is 432 g/mol. The fourth-order valence-electron chi connectivity index (χ4n) is 3.35. The van der Waals surface area contributed by atoms with E-state index in [0.717, 1.165) is 25.7 Å². The molecule has 30 heavy (non-hydrogen) atoms. The third-order valence-corrected chi connectivity index (χ3v) is 7.69. The summed E-state index contributed by atoms with van der Waals surface area (Å²) in [5.74, 6) is -1.15. The second-order valence-corrected chi connectivity index (χ2v) is 10.8. The molecular formula is C19H23ClN4O5S. The number of sulfonamides is 1. The molecule has 1 amide bonds. The number of halogens is 1. The predicted molar refractivity (Wildman–Crippen MR) is 113 cm³/mol. The molecule has 2 N–H and O–H groups in total. The molecule has 1 heterocycles. The van der Waals surface area contributed by atoms with Crippen LogP contribution >= 0.6 is 11.6 Å².